The van der Waals surface area contributed by atoms with Gasteiger partial charge in [-0.05, 0) is 61.0 Å². The molecule has 1 aromatic rings. The number of halogens is 2. The van der Waals surface area contributed by atoms with Crippen LogP contribution >= 0.6 is 39.7 Å². The summed E-state index contributed by atoms with van der Waals surface area (Å²) < 4.78 is 6.31. The van der Waals surface area contributed by atoms with Gasteiger partial charge in [-0.15, -0.1) is 23.7 Å². The summed E-state index contributed by atoms with van der Waals surface area (Å²) in [6.45, 7) is 4.82. The minimum Gasteiger partial charge on any atom is -0.494 e. The number of rotatable bonds is 5. The van der Waals surface area contributed by atoms with Crippen molar-refractivity contribution in [3.05, 3.63) is 14.2 Å². The molecular weight excluding hydrogens is 400 g/mol. The van der Waals surface area contributed by atoms with E-state index in [1.807, 2.05) is 11.8 Å². The quantitative estimate of drug-likeness (QED) is 0.782. The van der Waals surface area contributed by atoms with Crippen molar-refractivity contribution in [2.24, 2.45) is 5.92 Å². The van der Waals surface area contributed by atoms with Gasteiger partial charge in [0, 0.05) is 24.0 Å². The van der Waals surface area contributed by atoms with Gasteiger partial charge in [0.2, 0.25) is 0 Å². The van der Waals surface area contributed by atoms with Gasteiger partial charge in [-0.2, -0.15) is 0 Å². The van der Waals surface area contributed by atoms with Crippen LogP contribution in [0.4, 0.5) is 0 Å². The summed E-state index contributed by atoms with van der Waals surface area (Å²) in [7, 11) is 1.62. The van der Waals surface area contributed by atoms with Gasteiger partial charge >= 0.3 is 0 Å². The van der Waals surface area contributed by atoms with Gasteiger partial charge < -0.3 is 15.0 Å². The topological polar surface area (TPSA) is 41.6 Å². The highest BCUT2D eigenvalue weighted by Gasteiger charge is 2.29. The molecule has 2 heterocycles. The Kier molecular flexibility index (Phi) is 6.77. The van der Waals surface area contributed by atoms with Crippen molar-refractivity contribution in [3.8, 4) is 5.75 Å². The molecule has 23 heavy (non-hydrogen) atoms. The van der Waals surface area contributed by atoms with Crippen molar-refractivity contribution >= 4 is 45.6 Å². The molecule has 0 radical (unpaired) electrons. The lowest BCUT2D eigenvalue weighted by atomic mass is 10.0. The molecule has 4 nitrogen and oxygen atoms in total. The third kappa shape index (κ3) is 4.41. The minimum atomic E-state index is 0. The highest BCUT2D eigenvalue weighted by atomic mass is 79.9. The van der Waals surface area contributed by atoms with E-state index < -0.39 is 0 Å². The van der Waals surface area contributed by atoms with Crippen LogP contribution in [0, 0.1) is 12.8 Å². The number of piperidine rings is 1. The number of carbonyl (C=O) groups is 1. The molecule has 1 aliphatic heterocycles. The molecule has 1 saturated carbocycles. The van der Waals surface area contributed by atoms with Crippen LogP contribution in [0.15, 0.2) is 4.47 Å². The number of thiophene rings is 1. The normalized spacial score (nSPS) is 18.7. The molecule has 0 atom stereocenters. The van der Waals surface area contributed by atoms with Gasteiger partial charge in [0.1, 0.15) is 4.88 Å². The molecule has 2 fully saturated rings. The Hall–Kier alpha value is -0.300. The third-order valence-electron chi connectivity index (χ3n) is 4.54. The van der Waals surface area contributed by atoms with E-state index in [9.17, 15) is 4.79 Å². The predicted octanol–water partition coefficient (Wildman–Crippen LogP) is 3.85. The van der Waals surface area contributed by atoms with Crippen LogP contribution in [0.3, 0.4) is 0 Å². The van der Waals surface area contributed by atoms with Gasteiger partial charge in [0.05, 0.1) is 11.6 Å². The number of nitrogens with zero attached hydrogens (tertiary/aromatic N) is 1. The number of carbonyl (C=O) groups excluding carboxylic acids is 1. The number of amides is 1. The smallest absolute Gasteiger partial charge is 0.267 e. The maximum atomic E-state index is 12.7. The predicted molar refractivity (Wildman–Crippen MR) is 100 cm³/mol. The molecular formula is C16H24BrClN2O2S. The fourth-order valence-electron chi connectivity index (χ4n) is 2.91. The standard InChI is InChI=1S/C16H23BrN2O2S.ClH/c1-10-13(17)14(21-2)15(22-10)16(20)19-7-5-12(6-8-19)18-9-11-3-4-11;/h11-12,18H,3-9H2,1-2H3;1H. The van der Waals surface area contributed by atoms with E-state index in [1.165, 1.54) is 24.2 Å². The molecule has 0 bridgehead atoms. The van der Waals surface area contributed by atoms with Crippen molar-refractivity contribution in [2.45, 2.75) is 38.6 Å². The highest BCUT2D eigenvalue weighted by Crippen LogP contribution is 2.40. The number of aryl methyl sites for hydroxylation is 1. The second-order valence-electron chi connectivity index (χ2n) is 6.25. The molecule has 2 aliphatic rings. The first-order chi connectivity index (χ1) is 10.6. The fraction of sp³-hybridized carbons (Fsp3) is 0.688. The largest absolute Gasteiger partial charge is 0.494 e. The first-order valence-electron chi connectivity index (χ1n) is 7.95. The Bertz CT molecular complexity index is 555. The second-order valence-corrected chi connectivity index (χ2v) is 8.27. The Morgan fingerprint density at radius 1 is 1.35 bits per heavy atom. The number of ether oxygens (including phenoxy) is 1. The summed E-state index contributed by atoms with van der Waals surface area (Å²) >= 11 is 5.02. The highest BCUT2D eigenvalue weighted by molar-refractivity contribution is 9.10. The third-order valence-corrected chi connectivity index (χ3v) is 6.83. The number of methoxy groups -OCH3 is 1. The average molecular weight is 424 g/mol. The van der Waals surface area contributed by atoms with Crippen LogP contribution in [-0.2, 0) is 0 Å². The molecule has 1 N–H and O–H groups in total. The number of nitrogens with one attached hydrogen (secondary N) is 1. The zero-order valence-electron chi connectivity index (χ0n) is 13.6. The maximum absolute atomic E-state index is 12.7. The molecule has 130 valence electrons. The summed E-state index contributed by atoms with van der Waals surface area (Å²) in [5.74, 6) is 1.70. The van der Waals surface area contributed by atoms with E-state index >= 15 is 0 Å². The van der Waals surface area contributed by atoms with Crippen LogP contribution < -0.4 is 10.1 Å². The van der Waals surface area contributed by atoms with Gasteiger partial charge in [-0.3, -0.25) is 4.79 Å². The zero-order chi connectivity index (χ0) is 15.7. The minimum absolute atomic E-state index is 0. The molecule has 7 heteroatoms. The van der Waals surface area contributed by atoms with Gasteiger partial charge in [0.15, 0.2) is 5.75 Å². The van der Waals surface area contributed by atoms with Crippen LogP contribution in [0.25, 0.3) is 0 Å². The van der Waals surface area contributed by atoms with E-state index in [0.29, 0.717) is 11.8 Å². The Morgan fingerprint density at radius 3 is 2.57 bits per heavy atom. The molecule has 1 amide bonds. The molecule has 3 rings (SSSR count). The van der Waals surface area contributed by atoms with Crippen molar-refractivity contribution in [1.82, 2.24) is 10.2 Å². The Morgan fingerprint density at radius 2 is 2.00 bits per heavy atom. The maximum Gasteiger partial charge on any atom is 0.267 e. The molecule has 1 aliphatic carbocycles. The molecule has 0 aromatic carbocycles. The molecule has 0 unspecified atom stereocenters. The van der Waals surface area contributed by atoms with Gasteiger partial charge in [-0.25, -0.2) is 0 Å². The van der Waals surface area contributed by atoms with Crippen LogP contribution in [0.2, 0.25) is 0 Å². The van der Waals surface area contributed by atoms with E-state index in [-0.39, 0.29) is 18.3 Å². The lowest BCUT2D eigenvalue weighted by molar-refractivity contribution is 0.0707. The average Bonchev–Trinajstić information content (AvgIpc) is 3.32. The van der Waals surface area contributed by atoms with Crippen LogP contribution in [-0.4, -0.2) is 43.6 Å². The number of hydrogen-bond acceptors (Lipinski definition) is 4. The molecule has 1 saturated heterocycles. The SMILES string of the molecule is COc1c(C(=O)N2CCC(NCC3CC3)CC2)sc(C)c1Br.Cl. The molecule has 1 aromatic heterocycles. The van der Waals surface area contributed by atoms with Crippen molar-refractivity contribution < 1.29 is 9.53 Å². The fourth-order valence-corrected chi connectivity index (χ4v) is 4.63. The zero-order valence-corrected chi connectivity index (χ0v) is 16.8. The van der Waals surface area contributed by atoms with E-state index in [1.54, 1.807) is 7.11 Å². The monoisotopic (exact) mass is 422 g/mol. The Balaban J connectivity index is 0.00000192. The van der Waals surface area contributed by atoms with E-state index in [2.05, 4.69) is 21.2 Å². The van der Waals surface area contributed by atoms with Crippen LogP contribution in [0.5, 0.6) is 5.75 Å². The van der Waals surface area contributed by atoms with Crippen molar-refractivity contribution in [3.63, 3.8) is 0 Å². The van der Waals surface area contributed by atoms with Crippen molar-refractivity contribution in [2.75, 3.05) is 26.7 Å². The van der Waals surface area contributed by atoms with Gasteiger partial charge in [0.25, 0.3) is 5.91 Å². The summed E-state index contributed by atoms with van der Waals surface area (Å²) in [5, 5.41) is 3.65. The van der Waals surface area contributed by atoms with Crippen molar-refractivity contribution in [1.29, 1.82) is 0 Å². The lowest BCUT2D eigenvalue weighted by Crippen LogP contribution is -2.45. The van der Waals surface area contributed by atoms with E-state index in [0.717, 1.165) is 52.6 Å². The van der Waals surface area contributed by atoms with E-state index in [4.69, 9.17) is 4.74 Å². The summed E-state index contributed by atoms with van der Waals surface area (Å²) in [5.41, 5.74) is 0. The number of likely N-dealkylation sites (tertiary alicyclic amines) is 1. The number of hydrogen-bond donors (Lipinski definition) is 1. The summed E-state index contributed by atoms with van der Waals surface area (Å²) in [6.07, 6.45) is 4.87. The molecule has 0 spiro atoms. The first kappa shape index (κ1) is 19.0. The summed E-state index contributed by atoms with van der Waals surface area (Å²) in [4.78, 5) is 16.5. The first-order valence-corrected chi connectivity index (χ1v) is 9.56. The Labute approximate surface area is 156 Å². The van der Waals surface area contributed by atoms with Crippen LogP contribution in [0.1, 0.15) is 40.2 Å². The second kappa shape index (κ2) is 8.19. The van der Waals surface area contributed by atoms with Gasteiger partial charge in [-0.1, -0.05) is 0 Å². The lowest BCUT2D eigenvalue weighted by Gasteiger charge is -2.32. The summed E-state index contributed by atoms with van der Waals surface area (Å²) in [6, 6.07) is 0.573.